The Morgan fingerprint density at radius 1 is 1.38 bits per heavy atom. The molecule has 1 aromatic heterocycles. The zero-order valence-corrected chi connectivity index (χ0v) is 15.6. The van der Waals surface area contributed by atoms with Gasteiger partial charge in [-0.05, 0) is 31.1 Å². The molecule has 0 spiro atoms. The van der Waals surface area contributed by atoms with Crippen molar-refractivity contribution in [1.29, 1.82) is 0 Å². The van der Waals surface area contributed by atoms with Crippen LogP contribution in [0.3, 0.4) is 0 Å². The van der Waals surface area contributed by atoms with Gasteiger partial charge in [0.15, 0.2) is 0 Å². The van der Waals surface area contributed by atoms with Crippen LogP contribution in [-0.2, 0) is 16.1 Å². The maximum Gasteiger partial charge on any atom is 0.333 e. The monoisotopic (exact) mass is 367 g/mol. The number of carboxylic acid groups (broad SMARTS) is 1. The van der Waals surface area contributed by atoms with Gasteiger partial charge in [-0.25, -0.2) is 4.79 Å². The minimum absolute atomic E-state index is 0.00763. The molecule has 0 saturated carbocycles. The topological polar surface area (TPSA) is 117 Å². The van der Waals surface area contributed by atoms with Crippen LogP contribution in [0.4, 0.5) is 0 Å². The fourth-order valence-electron chi connectivity index (χ4n) is 3.32. The van der Waals surface area contributed by atoms with Crippen LogP contribution >= 0.6 is 0 Å². The number of hydrogen-bond acceptors (Lipinski definition) is 5. The number of carboxylic acids is 1. The zero-order valence-electron chi connectivity index (χ0n) is 15.6. The van der Waals surface area contributed by atoms with Gasteiger partial charge in [0.1, 0.15) is 12.3 Å². The average molecular weight is 367 g/mol. The lowest BCUT2D eigenvalue weighted by molar-refractivity contribution is -0.138. The van der Waals surface area contributed by atoms with E-state index in [1.165, 1.54) is 16.8 Å². The molecule has 1 fully saturated rings. The molecule has 8 nitrogen and oxygen atoms in total. The van der Waals surface area contributed by atoms with Gasteiger partial charge in [0, 0.05) is 18.8 Å². The van der Waals surface area contributed by atoms with Crippen molar-refractivity contribution in [2.45, 2.75) is 71.4 Å². The Morgan fingerprint density at radius 2 is 2.08 bits per heavy atom. The smallest absolute Gasteiger partial charge is 0.333 e. The first-order valence-corrected chi connectivity index (χ1v) is 9.22. The van der Waals surface area contributed by atoms with Crippen LogP contribution in [0.5, 0.6) is 0 Å². The van der Waals surface area contributed by atoms with Gasteiger partial charge in [-0.3, -0.25) is 18.7 Å². The van der Waals surface area contributed by atoms with Crippen molar-refractivity contribution >= 4 is 5.97 Å². The molecule has 1 saturated heterocycles. The molecular formula is C18H29N3O5. The van der Waals surface area contributed by atoms with E-state index in [1.54, 1.807) is 0 Å². The summed E-state index contributed by atoms with van der Waals surface area (Å²) in [5.41, 5.74) is 4.51. The van der Waals surface area contributed by atoms with Crippen LogP contribution in [0.25, 0.3) is 0 Å². The molecule has 1 aliphatic rings. The third kappa shape index (κ3) is 4.42. The molecule has 0 radical (unpaired) electrons. The van der Waals surface area contributed by atoms with Gasteiger partial charge in [0.25, 0.3) is 5.56 Å². The predicted octanol–water partition coefficient (Wildman–Crippen LogP) is 1.17. The molecule has 1 aromatic rings. The van der Waals surface area contributed by atoms with E-state index in [0.717, 1.165) is 17.4 Å². The SMILES string of the molecule is CCC(C)C(C)C1CC[C@H](n2ccc(=O)n(CCC(N)C(=O)O)c2=O)O1. The lowest BCUT2D eigenvalue weighted by Crippen LogP contribution is -2.42. The van der Waals surface area contributed by atoms with Crippen molar-refractivity contribution in [3.05, 3.63) is 33.1 Å². The fraction of sp³-hybridized carbons (Fsp3) is 0.722. The molecule has 2 rings (SSSR count). The highest BCUT2D eigenvalue weighted by Crippen LogP contribution is 2.34. The van der Waals surface area contributed by atoms with Gasteiger partial charge in [-0.15, -0.1) is 0 Å². The molecule has 4 unspecified atom stereocenters. The van der Waals surface area contributed by atoms with Crippen LogP contribution < -0.4 is 17.0 Å². The first-order chi connectivity index (χ1) is 12.3. The van der Waals surface area contributed by atoms with E-state index in [-0.39, 0.29) is 19.1 Å². The van der Waals surface area contributed by atoms with Gasteiger partial charge in [0.05, 0.1) is 6.10 Å². The summed E-state index contributed by atoms with van der Waals surface area (Å²) in [7, 11) is 0. The molecule has 2 heterocycles. The molecule has 0 amide bonds. The second-order valence-corrected chi connectivity index (χ2v) is 7.18. The lowest BCUT2D eigenvalue weighted by Gasteiger charge is -2.25. The molecule has 8 heteroatoms. The molecule has 146 valence electrons. The zero-order chi connectivity index (χ0) is 19.4. The van der Waals surface area contributed by atoms with Crippen molar-refractivity contribution in [1.82, 2.24) is 9.13 Å². The second-order valence-electron chi connectivity index (χ2n) is 7.18. The van der Waals surface area contributed by atoms with Crippen molar-refractivity contribution in [3.63, 3.8) is 0 Å². The van der Waals surface area contributed by atoms with Crippen molar-refractivity contribution in [2.24, 2.45) is 17.6 Å². The Bertz CT molecular complexity index is 741. The largest absolute Gasteiger partial charge is 0.480 e. The van der Waals surface area contributed by atoms with E-state index in [0.29, 0.717) is 18.3 Å². The summed E-state index contributed by atoms with van der Waals surface area (Å²) in [5.74, 6) is -0.239. The number of aromatic nitrogens is 2. The van der Waals surface area contributed by atoms with Crippen LogP contribution in [0.2, 0.25) is 0 Å². The first-order valence-electron chi connectivity index (χ1n) is 9.22. The second kappa shape index (κ2) is 8.64. The Balaban J connectivity index is 2.16. The fourth-order valence-corrected chi connectivity index (χ4v) is 3.32. The minimum atomic E-state index is -1.16. The molecule has 0 bridgehead atoms. The van der Waals surface area contributed by atoms with Gasteiger partial charge in [-0.2, -0.15) is 0 Å². The predicted molar refractivity (Wildman–Crippen MR) is 97.0 cm³/mol. The summed E-state index contributed by atoms with van der Waals surface area (Å²) < 4.78 is 8.55. The molecular weight excluding hydrogens is 338 g/mol. The van der Waals surface area contributed by atoms with Crippen LogP contribution in [0.1, 0.15) is 52.7 Å². The normalized spacial score (nSPS) is 23.5. The van der Waals surface area contributed by atoms with Crippen molar-refractivity contribution in [3.8, 4) is 0 Å². The Hall–Kier alpha value is -1.93. The van der Waals surface area contributed by atoms with E-state index in [1.807, 2.05) is 0 Å². The Kier molecular flexibility index (Phi) is 6.77. The Morgan fingerprint density at radius 3 is 2.69 bits per heavy atom. The summed E-state index contributed by atoms with van der Waals surface area (Å²) in [4.78, 5) is 35.5. The Labute approximate surface area is 152 Å². The van der Waals surface area contributed by atoms with E-state index in [2.05, 4.69) is 20.8 Å². The van der Waals surface area contributed by atoms with Crippen LogP contribution in [0.15, 0.2) is 21.9 Å². The molecule has 26 heavy (non-hydrogen) atoms. The highest BCUT2D eigenvalue weighted by Gasteiger charge is 2.33. The standard InChI is InChI=1S/C18H29N3O5/c1-4-11(2)12(3)14-5-6-16(26-14)21-10-8-15(22)20(18(21)25)9-7-13(19)17(23)24/h8,10-14,16H,4-7,9,19H2,1-3H3,(H,23,24)/t11?,12?,13?,14?,16-/m1/s1. The highest BCUT2D eigenvalue weighted by atomic mass is 16.5. The maximum atomic E-state index is 12.7. The highest BCUT2D eigenvalue weighted by molar-refractivity contribution is 5.72. The van der Waals surface area contributed by atoms with Crippen LogP contribution in [-0.4, -0.2) is 32.4 Å². The van der Waals surface area contributed by atoms with Gasteiger partial charge >= 0.3 is 11.7 Å². The molecule has 1 aliphatic heterocycles. The summed E-state index contributed by atoms with van der Waals surface area (Å²) in [6, 6.07) is 0.195. The number of nitrogens with two attached hydrogens (primary N) is 1. The summed E-state index contributed by atoms with van der Waals surface area (Å²) in [5, 5.41) is 8.86. The third-order valence-electron chi connectivity index (χ3n) is 5.54. The summed E-state index contributed by atoms with van der Waals surface area (Å²) in [6.45, 7) is 6.47. The number of aliphatic carboxylic acids is 1. The van der Waals surface area contributed by atoms with Crippen LogP contribution in [0, 0.1) is 11.8 Å². The molecule has 3 N–H and O–H groups in total. The third-order valence-corrected chi connectivity index (χ3v) is 5.54. The minimum Gasteiger partial charge on any atom is -0.480 e. The van der Waals surface area contributed by atoms with Gasteiger partial charge in [-0.1, -0.05) is 27.2 Å². The maximum absolute atomic E-state index is 12.7. The van der Waals surface area contributed by atoms with E-state index in [9.17, 15) is 14.4 Å². The number of nitrogens with zero attached hydrogens (tertiary/aromatic N) is 2. The molecule has 5 atom stereocenters. The number of hydrogen-bond donors (Lipinski definition) is 2. The van der Waals surface area contributed by atoms with Crippen molar-refractivity contribution < 1.29 is 14.6 Å². The quantitative estimate of drug-likeness (QED) is 0.712. The van der Waals surface area contributed by atoms with E-state index < -0.39 is 29.5 Å². The van der Waals surface area contributed by atoms with Crippen molar-refractivity contribution in [2.75, 3.05) is 0 Å². The van der Waals surface area contributed by atoms with E-state index >= 15 is 0 Å². The van der Waals surface area contributed by atoms with Gasteiger partial charge < -0.3 is 15.6 Å². The summed E-state index contributed by atoms with van der Waals surface area (Å²) >= 11 is 0. The van der Waals surface area contributed by atoms with Gasteiger partial charge in [0.2, 0.25) is 0 Å². The lowest BCUT2D eigenvalue weighted by atomic mass is 9.88. The number of ether oxygens (including phenoxy) is 1. The average Bonchev–Trinajstić information content (AvgIpc) is 3.09. The van der Waals surface area contributed by atoms with E-state index in [4.69, 9.17) is 15.6 Å². The first kappa shape index (κ1) is 20.4. The number of carbonyl (C=O) groups is 1. The summed E-state index contributed by atoms with van der Waals surface area (Å²) in [6.07, 6.45) is 3.79. The molecule has 0 aliphatic carbocycles. The number of rotatable bonds is 8. The molecule has 0 aromatic carbocycles.